The molecule has 0 amide bonds. The third kappa shape index (κ3) is 74.2. The maximum Gasteiger partial charge on any atom is 1.00 e. The summed E-state index contributed by atoms with van der Waals surface area (Å²) in [4.78, 5) is 14.3. The molecule has 6 heteroatoms. The summed E-state index contributed by atoms with van der Waals surface area (Å²) in [5.41, 5.74) is 0. The average Bonchev–Trinajstić information content (AvgIpc) is 1.66. The molecule has 0 unspecified atom stereocenters. The van der Waals surface area contributed by atoms with Gasteiger partial charge in [-0.25, -0.2) is 0 Å². The smallest absolute Gasteiger partial charge is 1.00 e. The molecule has 0 rings (SSSR count). The van der Waals surface area contributed by atoms with Crippen LogP contribution in [-0.2, 0) is 9.20 Å². The van der Waals surface area contributed by atoms with Gasteiger partial charge in [0.2, 0.25) is 0 Å². The molecule has 0 atom stereocenters. The van der Waals surface area contributed by atoms with Crippen LogP contribution < -0.4 is 29.6 Å². The molecule has 0 aromatic heterocycles. The molecule has 0 aliphatic heterocycles. The normalized spacial score (nSPS) is 6.60. The van der Waals surface area contributed by atoms with E-state index >= 15 is 0 Å². The van der Waals surface area contributed by atoms with Crippen molar-refractivity contribution in [2.45, 2.75) is 13.8 Å². The summed E-state index contributed by atoms with van der Waals surface area (Å²) in [5.74, 6) is 0. The zero-order chi connectivity index (χ0) is 7.70. The Hall–Kier alpha value is 0.577. The van der Waals surface area contributed by atoms with E-state index in [0.29, 0.717) is 0 Å². The van der Waals surface area contributed by atoms with E-state index < -0.39 is 9.17 Å². The predicted molar refractivity (Wildman–Crippen MR) is 34.2 cm³/mol. The SMILES string of the molecule is CCOCC.O=[Si](O)O.[H-].[Na+]. The molecule has 0 heterocycles. The molecule has 0 bridgehead atoms. The molecule has 0 radical (unpaired) electrons. The second-order valence-electron chi connectivity index (χ2n) is 1.06. The van der Waals surface area contributed by atoms with Crippen molar-refractivity contribution in [3.05, 3.63) is 0 Å². The first-order chi connectivity index (χ1) is 4.15. The topological polar surface area (TPSA) is 66.8 Å². The molecular weight excluding hydrogens is 163 g/mol. The van der Waals surface area contributed by atoms with E-state index in [-0.39, 0.29) is 31.0 Å². The summed E-state index contributed by atoms with van der Waals surface area (Å²) in [6.45, 7) is 5.67. The Morgan fingerprint density at radius 1 is 1.40 bits per heavy atom. The minimum atomic E-state index is -3.13. The molecule has 0 fully saturated rings. The van der Waals surface area contributed by atoms with E-state index in [2.05, 4.69) is 0 Å². The predicted octanol–water partition coefficient (Wildman–Crippen LogP) is -3.45. The maximum atomic E-state index is 8.74. The Morgan fingerprint density at radius 2 is 1.60 bits per heavy atom. The van der Waals surface area contributed by atoms with Crippen molar-refractivity contribution in [2.75, 3.05) is 13.2 Å². The molecule has 0 spiro atoms. The quantitative estimate of drug-likeness (QED) is 0.429. The first-order valence-corrected chi connectivity index (χ1v) is 3.95. The fourth-order valence-corrected chi connectivity index (χ4v) is 0.204. The Kier molecular flexibility index (Phi) is 27.5. The van der Waals surface area contributed by atoms with Crippen molar-refractivity contribution in [3.8, 4) is 0 Å². The Balaban J connectivity index is -0.0000000383. The van der Waals surface area contributed by atoms with Crippen LogP contribution >= 0.6 is 0 Å². The van der Waals surface area contributed by atoms with E-state index in [9.17, 15) is 0 Å². The fraction of sp³-hybridized carbons (Fsp3) is 1.00. The third-order valence-electron chi connectivity index (χ3n) is 0.408. The largest absolute Gasteiger partial charge is 1.00 e. The van der Waals surface area contributed by atoms with Crippen molar-refractivity contribution in [1.29, 1.82) is 0 Å². The van der Waals surface area contributed by atoms with Crippen LogP contribution in [0.2, 0.25) is 0 Å². The Morgan fingerprint density at radius 3 is 1.60 bits per heavy atom. The van der Waals surface area contributed by atoms with Crippen LogP contribution in [0.25, 0.3) is 0 Å². The average molecular weight is 176 g/mol. The van der Waals surface area contributed by atoms with Gasteiger partial charge < -0.3 is 15.8 Å². The molecule has 0 aliphatic carbocycles. The van der Waals surface area contributed by atoms with Gasteiger partial charge in [0.05, 0.1) is 0 Å². The van der Waals surface area contributed by atoms with Gasteiger partial charge in [-0.2, -0.15) is 0 Å². The minimum absolute atomic E-state index is 0. The second-order valence-corrected chi connectivity index (χ2v) is 1.63. The molecular formula is C4H13NaO4Si. The zero-order valence-corrected chi connectivity index (χ0v) is 9.63. The van der Waals surface area contributed by atoms with Crippen LogP contribution in [0.3, 0.4) is 0 Å². The monoisotopic (exact) mass is 176 g/mol. The first-order valence-electron chi connectivity index (χ1n) is 2.64. The minimum Gasteiger partial charge on any atom is -1.00 e. The molecule has 58 valence electrons. The first kappa shape index (κ1) is 16.9. The number of hydrogen-bond acceptors (Lipinski definition) is 2. The van der Waals surface area contributed by atoms with Gasteiger partial charge in [-0.05, 0) is 13.8 Å². The van der Waals surface area contributed by atoms with Gasteiger partial charge in [-0.15, -0.1) is 0 Å². The molecule has 0 aliphatic rings. The summed E-state index contributed by atoms with van der Waals surface area (Å²) < 4.78 is 13.6. The van der Waals surface area contributed by atoms with Gasteiger partial charge in [-0.1, -0.05) is 0 Å². The summed E-state index contributed by atoms with van der Waals surface area (Å²) >= 11 is 0. The number of rotatable bonds is 2. The van der Waals surface area contributed by atoms with Crippen LogP contribution in [-0.4, -0.2) is 32.0 Å². The molecule has 0 aromatic carbocycles. The standard InChI is InChI=1S/C4H10O.Na.H2O3Si.H/c1-3-5-4-2;;1-4(2)3;/h3-4H2,1-2H3;;1-2H;/q;+1;;-1. The van der Waals surface area contributed by atoms with Gasteiger partial charge >= 0.3 is 38.7 Å². The van der Waals surface area contributed by atoms with E-state index in [1.54, 1.807) is 0 Å². The van der Waals surface area contributed by atoms with E-state index in [4.69, 9.17) is 18.8 Å². The van der Waals surface area contributed by atoms with Crippen LogP contribution in [0, 0.1) is 0 Å². The summed E-state index contributed by atoms with van der Waals surface area (Å²) in [6, 6.07) is 0. The molecule has 2 N–H and O–H groups in total. The maximum absolute atomic E-state index is 8.74. The van der Waals surface area contributed by atoms with Crippen LogP contribution in [0.4, 0.5) is 0 Å². The third-order valence-corrected chi connectivity index (χ3v) is 0.408. The van der Waals surface area contributed by atoms with Crippen LogP contribution in [0.15, 0.2) is 0 Å². The Labute approximate surface area is 85.9 Å². The summed E-state index contributed by atoms with van der Waals surface area (Å²) in [7, 11) is -3.13. The van der Waals surface area contributed by atoms with E-state index in [1.165, 1.54) is 0 Å². The van der Waals surface area contributed by atoms with Crippen molar-refractivity contribution < 1.29 is 49.8 Å². The van der Waals surface area contributed by atoms with Gasteiger partial charge in [0.15, 0.2) is 0 Å². The van der Waals surface area contributed by atoms with Crippen molar-refractivity contribution in [2.24, 2.45) is 0 Å². The molecule has 0 aromatic rings. The molecule has 0 saturated heterocycles. The number of hydrogen-bond donors (Lipinski definition) is 2. The van der Waals surface area contributed by atoms with E-state index in [1.807, 2.05) is 13.8 Å². The van der Waals surface area contributed by atoms with Gasteiger partial charge in [0.1, 0.15) is 0 Å². The van der Waals surface area contributed by atoms with Gasteiger partial charge in [-0.3, -0.25) is 4.46 Å². The van der Waals surface area contributed by atoms with Crippen LogP contribution in [0.1, 0.15) is 15.3 Å². The zero-order valence-electron chi connectivity index (χ0n) is 7.63. The van der Waals surface area contributed by atoms with E-state index in [0.717, 1.165) is 13.2 Å². The molecule has 10 heavy (non-hydrogen) atoms. The summed E-state index contributed by atoms with van der Waals surface area (Å²) in [6.07, 6.45) is 0. The van der Waals surface area contributed by atoms with Crippen molar-refractivity contribution in [1.82, 2.24) is 0 Å². The fourth-order valence-electron chi connectivity index (χ4n) is 0.204. The molecule has 0 saturated carbocycles. The van der Waals surface area contributed by atoms with Crippen LogP contribution in [0.5, 0.6) is 0 Å². The molecule has 4 nitrogen and oxygen atoms in total. The van der Waals surface area contributed by atoms with Crippen molar-refractivity contribution >= 4 is 9.17 Å². The van der Waals surface area contributed by atoms with Gasteiger partial charge in [0.25, 0.3) is 0 Å². The van der Waals surface area contributed by atoms with Crippen molar-refractivity contribution in [3.63, 3.8) is 0 Å². The second kappa shape index (κ2) is 16.3. The number of ether oxygens (including phenoxy) is 1. The Bertz CT molecular complexity index is 69.1. The van der Waals surface area contributed by atoms with Gasteiger partial charge in [0, 0.05) is 13.2 Å². The summed E-state index contributed by atoms with van der Waals surface area (Å²) in [5, 5.41) is 0.